The Balaban J connectivity index is 3.86. The fourth-order valence-corrected chi connectivity index (χ4v) is 0.360. The van der Waals surface area contributed by atoms with Crippen LogP contribution in [0.1, 0.15) is 6.92 Å². The Morgan fingerprint density at radius 2 is 2.33 bits per heavy atom. The number of nitrogens with one attached hydrogen (secondary N) is 1. The van der Waals surface area contributed by atoms with Gasteiger partial charge in [-0.05, 0) is 16.6 Å². The molecule has 0 radical (unpaired) electrons. The zero-order valence-corrected chi connectivity index (χ0v) is 7.21. The number of hydrogen-bond acceptors (Lipinski definition) is 1. The number of nitrogens with two attached hydrogens (primary N) is 1. The summed E-state index contributed by atoms with van der Waals surface area (Å²) in [4.78, 5) is 3.56. The molecule has 0 unspecified atom stereocenters. The van der Waals surface area contributed by atoms with E-state index in [4.69, 9.17) is 11.1 Å². The van der Waals surface area contributed by atoms with Gasteiger partial charge in [-0.3, -0.25) is 5.41 Å². The number of halogens is 1. The predicted octanol–water partition coefficient (Wildman–Crippen LogP) is 1.29. The third-order valence-corrected chi connectivity index (χ3v) is 1.56. The summed E-state index contributed by atoms with van der Waals surface area (Å²) in [5.41, 5.74) is 5.94. The van der Waals surface area contributed by atoms with Gasteiger partial charge in [0.1, 0.15) is 0 Å². The van der Waals surface area contributed by atoms with Gasteiger partial charge in [0.25, 0.3) is 0 Å². The second-order valence-electron chi connectivity index (χ2n) is 1.50. The highest BCUT2D eigenvalue weighted by molar-refractivity contribution is 14.1. The van der Waals surface area contributed by atoms with Crippen molar-refractivity contribution in [1.82, 2.24) is 0 Å². The van der Waals surface area contributed by atoms with Crippen LogP contribution in [0, 0.1) is 5.41 Å². The van der Waals surface area contributed by atoms with Crippen molar-refractivity contribution in [3.8, 4) is 0 Å². The number of rotatable bonds is 1. The summed E-state index contributed by atoms with van der Waals surface area (Å²) in [6, 6.07) is 0. The standard InChI is InChI=1S/C5H8IN3/c1-4(2-6)3-9-5(7)8/h2-3H,1H3,(H3,7,8)/b4-2-,9-3-. The Hall–Kier alpha value is -0.390. The molecule has 4 heteroatoms. The van der Waals surface area contributed by atoms with Gasteiger partial charge >= 0.3 is 0 Å². The van der Waals surface area contributed by atoms with E-state index in [0.717, 1.165) is 5.57 Å². The van der Waals surface area contributed by atoms with Gasteiger partial charge in [0.05, 0.1) is 0 Å². The van der Waals surface area contributed by atoms with Gasteiger partial charge in [0, 0.05) is 6.21 Å². The normalized spacial score (nSPS) is 12.4. The van der Waals surface area contributed by atoms with Crippen LogP contribution in [0.2, 0.25) is 0 Å². The first kappa shape index (κ1) is 8.61. The van der Waals surface area contributed by atoms with E-state index < -0.39 is 0 Å². The van der Waals surface area contributed by atoms with Gasteiger partial charge in [0.15, 0.2) is 0 Å². The van der Waals surface area contributed by atoms with E-state index in [0.29, 0.717) is 0 Å². The molecule has 9 heavy (non-hydrogen) atoms. The smallest absolute Gasteiger partial charge is 0.212 e. The summed E-state index contributed by atoms with van der Waals surface area (Å²) >= 11 is 2.10. The Morgan fingerprint density at radius 1 is 1.78 bits per heavy atom. The number of nitrogens with zero attached hydrogens (tertiary/aromatic N) is 1. The average Bonchev–Trinajstić information content (AvgIpc) is 1.83. The molecule has 0 saturated heterocycles. The summed E-state index contributed by atoms with van der Waals surface area (Å²) in [5.74, 6) is -0.160. The maximum absolute atomic E-state index is 6.71. The van der Waals surface area contributed by atoms with Crippen LogP contribution in [-0.4, -0.2) is 12.2 Å². The summed E-state index contributed by atoms with van der Waals surface area (Å²) in [6.07, 6.45) is 1.55. The summed E-state index contributed by atoms with van der Waals surface area (Å²) in [6.45, 7) is 1.89. The molecule has 3 N–H and O–H groups in total. The van der Waals surface area contributed by atoms with E-state index >= 15 is 0 Å². The lowest BCUT2D eigenvalue weighted by molar-refractivity contribution is 1.38. The molecule has 0 aromatic heterocycles. The van der Waals surface area contributed by atoms with Crippen molar-refractivity contribution < 1.29 is 0 Å². The van der Waals surface area contributed by atoms with Gasteiger partial charge in [-0.1, -0.05) is 22.6 Å². The summed E-state index contributed by atoms with van der Waals surface area (Å²) in [7, 11) is 0. The Kier molecular flexibility index (Phi) is 4.29. The summed E-state index contributed by atoms with van der Waals surface area (Å²) < 4.78 is 1.87. The molecule has 3 nitrogen and oxygen atoms in total. The fourth-order valence-electron chi connectivity index (χ4n) is 0.200. The molecule has 0 bridgehead atoms. The molecule has 50 valence electrons. The number of aliphatic imine (C=N–C) groups is 1. The fraction of sp³-hybridized carbons (Fsp3) is 0.200. The topological polar surface area (TPSA) is 62.2 Å². The minimum absolute atomic E-state index is 0.160. The minimum Gasteiger partial charge on any atom is -0.368 e. The molecule has 0 aromatic rings. The van der Waals surface area contributed by atoms with E-state index in [1.54, 1.807) is 6.21 Å². The maximum atomic E-state index is 6.71. The monoisotopic (exact) mass is 237 g/mol. The van der Waals surface area contributed by atoms with Crippen molar-refractivity contribution >= 4 is 34.8 Å². The molecule has 0 rings (SSSR count). The first-order chi connectivity index (χ1) is 4.16. The molecular weight excluding hydrogens is 229 g/mol. The second kappa shape index (κ2) is 4.49. The lowest BCUT2D eigenvalue weighted by atomic mass is 10.4. The molecule has 0 heterocycles. The Labute approximate surface area is 67.7 Å². The highest BCUT2D eigenvalue weighted by Crippen LogP contribution is 1.92. The van der Waals surface area contributed by atoms with Crippen LogP contribution in [0.5, 0.6) is 0 Å². The highest BCUT2D eigenvalue weighted by Gasteiger charge is 1.79. The van der Waals surface area contributed by atoms with E-state index in [1.165, 1.54) is 0 Å². The van der Waals surface area contributed by atoms with E-state index in [-0.39, 0.29) is 5.96 Å². The second-order valence-corrected chi connectivity index (χ2v) is 2.12. The zero-order valence-electron chi connectivity index (χ0n) is 5.06. The molecule has 0 saturated carbocycles. The molecule has 0 amide bonds. The molecule has 0 aliphatic rings. The van der Waals surface area contributed by atoms with Crippen molar-refractivity contribution in [3.63, 3.8) is 0 Å². The largest absolute Gasteiger partial charge is 0.368 e. The van der Waals surface area contributed by atoms with Gasteiger partial charge in [-0.15, -0.1) is 0 Å². The van der Waals surface area contributed by atoms with Crippen LogP contribution in [-0.2, 0) is 0 Å². The van der Waals surface area contributed by atoms with Crippen LogP contribution in [0.4, 0.5) is 0 Å². The van der Waals surface area contributed by atoms with Gasteiger partial charge in [-0.2, -0.15) is 0 Å². The lowest BCUT2D eigenvalue weighted by Crippen LogP contribution is -2.05. The van der Waals surface area contributed by atoms with Crippen molar-refractivity contribution in [1.29, 1.82) is 5.41 Å². The molecule has 0 aliphatic heterocycles. The third kappa shape index (κ3) is 5.48. The highest BCUT2D eigenvalue weighted by atomic mass is 127. The Morgan fingerprint density at radius 3 is 2.67 bits per heavy atom. The first-order valence-corrected chi connectivity index (χ1v) is 3.56. The third-order valence-electron chi connectivity index (χ3n) is 0.579. The van der Waals surface area contributed by atoms with E-state index in [1.807, 2.05) is 11.0 Å². The zero-order chi connectivity index (χ0) is 7.28. The minimum atomic E-state index is -0.160. The molecule has 0 aliphatic carbocycles. The molecule has 0 aromatic carbocycles. The van der Waals surface area contributed by atoms with E-state index in [9.17, 15) is 0 Å². The SMILES string of the molecule is CC(/C=N\C(=N)N)=C/I. The molecule has 0 spiro atoms. The molecule has 0 atom stereocenters. The number of allylic oxidation sites excluding steroid dienone is 1. The van der Waals surface area contributed by atoms with Crippen molar-refractivity contribution in [2.24, 2.45) is 10.7 Å². The lowest BCUT2D eigenvalue weighted by Gasteiger charge is -1.84. The van der Waals surface area contributed by atoms with Crippen LogP contribution in [0.3, 0.4) is 0 Å². The maximum Gasteiger partial charge on any atom is 0.212 e. The Bertz CT molecular complexity index is 160. The van der Waals surface area contributed by atoms with Crippen molar-refractivity contribution in [2.75, 3.05) is 0 Å². The van der Waals surface area contributed by atoms with Gasteiger partial charge in [0.2, 0.25) is 5.96 Å². The summed E-state index contributed by atoms with van der Waals surface area (Å²) in [5, 5.41) is 6.71. The average molecular weight is 237 g/mol. The van der Waals surface area contributed by atoms with Crippen LogP contribution in [0.25, 0.3) is 0 Å². The quantitative estimate of drug-likeness (QED) is 0.403. The number of hydrogen-bond donors (Lipinski definition) is 2. The van der Waals surface area contributed by atoms with Crippen molar-refractivity contribution in [3.05, 3.63) is 9.66 Å². The van der Waals surface area contributed by atoms with Crippen LogP contribution < -0.4 is 5.73 Å². The van der Waals surface area contributed by atoms with Crippen molar-refractivity contribution in [2.45, 2.75) is 6.92 Å². The van der Waals surface area contributed by atoms with Crippen LogP contribution >= 0.6 is 22.6 Å². The molecule has 0 fully saturated rings. The predicted molar refractivity (Wildman–Crippen MR) is 48.2 cm³/mol. The first-order valence-electron chi connectivity index (χ1n) is 2.32. The number of guanidine groups is 1. The van der Waals surface area contributed by atoms with Gasteiger partial charge in [-0.25, -0.2) is 4.99 Å². The van der Waals surface area contributed by atoms with Crippen LogP contribution in [0.15, 0.2) is 14.6 Å². The van der Waals surface area contributed by atoms with Gasteiger partial charge < -0.3 is 5.73 Å². The van der Waals surface area contributed by atoms with E-state index in [2.05, 4.69) is 27.6 Å². The molecular formula is C5H8IN3.